The van der Waals surface area contributed by atoms with Crippen LogP contribution >= 0.6 is 0 Å². The van der Waals surface area contributed by atoms with Crippen molar-refractivity contribution in [2.75, 3.05) is 0 Å². The van der Waals surface area contributed by atoms with E-state index in [1.54, 1.807) is 0 Å². The van der Waals surface area contributed by atoms with Crippen LogP contribution in [-0.4, -0.2) is 11.1 Å². The lowest BCUT2D eigenvalue weighted by Crippen LogP contribution is -2.25. The normalized spacial score (nSPS) is 18.1. The fourth-order valence-electron chi connectivity index (χ4n) is 3.60. The molecule has 1 atom stereocenters. The van der Waals surface area contributed by atoms with E-state index in [-0.39, 0.29) is 11.8 Å². The predicted octanol–water partition coefficient (Wildman–Crippen LogP) is 3.86. The van der Waals surface area contributed by atoms with Crippen molar-refractivity contribution in [3.05, 3.63) is 52.6 Å². The van der Waals surface area contributed by atoms with E-state index in [1.807, 2.05) is 13.8 Å². The van der Waals surface area contributed by atoms with Gasteiger partial charge in [-0.15, -0.1) is 0 Å². The van der Waals surface area contributed by atoms with Gasteiger partial charge in [-0.3, -0.25) is 4.79 Å². The van der Waals surface area contributed by atoms with Gasteiger partial charge in [0.05, 0.1) is 5.92 Å². The summed E-state index contributed by atoms with van der Waals surface area (Å²) in [6.07, 6.45) is 7.08. The Hall–Kier alpha value is -1.83. The molecule has 1 N–H and O–H groups in total. The summed E-state index contributed by atoms with van der Waals surface area (Å²) in [6.45, 7) is 4.00. The van der Waals surface area contributed by atoms with Gasteiger partial charge in [0.1, 0.15) is 0 Å². The molecule has 1 aromatic rings. The van der Waals surface area contributed by atoms with E-state index < -0.39 is 5.97 Å². The van der Waals surface area contributed by atoms with Crippen molar-refractivity contribution < 1.29 is 9.90 Å². The van der Waals surface area contributed by atoms with Gasteiger partial charge >= 0.3 is 5.97 Å². The third-order valence-electron chi connectivity index (χ3n) is 4.45. The van der Waals surface area contributed by atoms with Crippen LogP contribution in [0.3, 0.4) is 0 Å². The van der Waals surface area contributed by atoms with E-state index in [1.165, 1.54) is 22.3 Å². The number of aryl methyl sites for hydroxylation is 1. The molecule has 0 aliphatic heterocycles. The van der Waals surface area contributed by atoms with Crippen molar-refractivity contribution in [2.45, 2.75) is 33.1 Å². The van der Waals surface area contributed by atoms with Crippen LogP contribution in [0.2, 0.25) is 0 Å². The van der Waals surface area contributed by atoms with Crippen LogP contribution in [0.1, 0.15) is 37.0 Å². The van der Waals surface area contributed by atoms with Gasteiger partial charge in [-0.25, -0.2) is 0 Å². The third kappa shape index (κ3) is 2.00. The average molecular weight is 268 g/mol. The monoisotopic (exact) mass is 268 g/mol. The Bertz CT molecular complexity index is 620. The van der Waals surface area contributed by atoms with E-state index >= 15 is 0 Å². The molecule has 0 fully saturated rings. The van der Waals surface area contributed by atoms with Crippen molar-refractivity contribution >= 4 is 11.5 Å². The van der Waals surface area contributed by atoms with Gasteiger partial charge in [-0.05, 0) is 53.0 Å². The minimum absolute atomic E-state index is 0.124. The standard InChI is InChI=1S/C18H20O2/c1-11(2)16(18(19)20)15-10-9-13-6-3-5-12-7-4-8-14(15)17(12)13/h3-6,8,11,16H,7,9-10H2,1-2H3,(H,19,20). The molecule has 2 heteroatoms. The van der Waals surface area contributed by atoms with Gasteiger partial charge in [-0.2, -0.15) is 0 Å². The molecule has 1 unspecified atom stereocenters. The zero-order chi connectivity index (χ0) is 14.3. The highest BCUT2D eigenvalue weighted by Gasteiger charge is 2.32. The van der Waals surface area contributed by atoms with Crippen LogP contribution < -0.4 is 0 Å². The summed E-state index contributed by atoms with van der Waals surface area (Å²) in [7, 11) is 0. The summed E-state index contributed by atoms with van der Waals surface area (Å²) >= 11 is 0. The zero-order valence-corrected chi connectivity index (χ0v) is 12.0. The average Bonchev–Trinajstić information content (AvgIpc) is 2.41. The molecule has 2 aliphatic rings. The largest absolute Gasteiger partial charge is 0.481 e. The quantitative estimate of drug-likeness (QED) is 0.904. The first-order chi connectivity index (χ1) is 9.59. The number of carboxylic acids is 1. The van der Waals surface area contributed by atoms with Gasteiger partial charge in [0, 0.05) is 0 Å². The lowest BCUT2D eigenvalue weighted by atomic mass is 9.73. The van der Waals surface area contributed by atoms with Crippen LogP contribution in [0.5, 0.6) is 0 Å². The van der Waals surface area contributed by atoms with Crippen molar-refractivity contribution in [3.8, 4) is 0 Å². The Morgan fingerprint density at radius 2 is 1.95 bits per heavy atom. The first-order valence-corrected chi connectivity index (χ1v) is 7.33. The summed E-state index contributed by atoms with van der Waals surface area (Å²) < 4.78 is 0. The van der Waals surface area contributed by atoms with Crippen LogP contribution in [0.15, 0.2) is 35.9 Å². The number of carbonyl (C=O) groups is 1. The molecule has 2 aliphatic carbocycles. The SMILES string of the molecule is CC(C)C(C(=O)O)C1=C2C=CCc3cccc(c32)CC1. The van der Waals surface area contributed by atoms with E-state index in [4.69, 9.17) is 0 Å². The van der Waals surface area contributed by atoms with Crippen molar-refractivity contribution in [2.24, 2.45) is 11.8 Å². The highest BCUT2D eigenvalue weighted by atomic mass is 16.4. The second kappa shape index (κ2) is 4.93. The van der Waals surface area contributed by atoms with Gasteiger partial charge in [-0.1, -0.05) is 44.2 Å². The molecule has 104 valence electrons. The van der Waals surface area contributed by atoms with E-state index in [0.29, 0.717) is 0 Å². The molecule has 0 spiro atoms. The molecular weight excluding hydrogens is 248 g/mol. The molecule has 1 aromatic carbocycles. The first-order valence-electron chi connectivity index (χ1n) is 7.33. The second-order valence-electron chi connectivity index (χ2n) is 6.06. The van der Waals surface area contributed by atoms with E-state index in [2.05, 4.69) is 30.4 Å². The number of benzene rings is 1. The number of aliphatic carboxylic acids is 1. The molecule has 0 heterocycles. The molecule has 0 saturated carbocycles. The number of carboxylic acid groups (broad SMARTS) is 1. The fraction of sp³-hybridized carbons (Fsp3) is 0.389. The maximum Gasteiger partial charge on any atom is 0.310 e. The van der Waals surface area contributed by atoms with Crippen LogP contribution in [0.25, 0.3) is 5.57 Å². The highest BCUT2D eigenvalue weighted by molar-refractivity contribution is 5.88. The molecule has 3 rings (SSSR count). The second-order valence-corrected chi connectivity index (χ2v) is 6.06. The van der Waals surface area contributed by atoms with Crippen molar-refractivity contribution in [3.63, 3.8) is 0 Å². The van der Waals surface area contributed by atoms with Crippen LogP contribution in [0.4, 0.5) is 0 Å². The maximum absolute atomic E-state index is 11.7. The number of rotatable bonds is 3. The lowest BCUT2D eigenvalue weighted by Gasteiger charge is -2.30. The summed E-state index contributed by atoms with van der Waals surface area (Å²) in [4.78, 5) is 11.7. The maximum atomic E-state index is 11.7. The summed E-state index contributed by atoms with van der Waals surface area (Å²) in [6, 6.07) is 6.46. The Morgan fingerprint density at radius 3 is 2.65 bits per heavy atom. The number of allylic oxidation sites excluding steroid dienone is 3. The van der Waals surface area contributed by atoms with Gasteiger partial charge in [0.2, 0.25) is 0 Å². The smallest absolute Gasteiger partial charge is 0.310 e. The van der Waals surface area contributed by atoms with E-state index in [9.17, 15) is 9.90 Å². The molecule has 0 aromatic heterocycles. The Morgan fingerprint density at radius 1 is 1.20 bits per heavy atom. The minimum atomic E-state index is -0.692. The fourth-order valence-corrected chi connectivity index (χ4v) is 3.60. The molecule has 0 radical (unpaired) electrons. The molecular formula is C18H20O2. The lowest BCUT2D eigenvalue weighted by molar-refractivity contribution is -0.141. The number of hydrogen-bond donors (Lipinski definition) is 1. The Kier molecular flexibility index (Phi) is 3.25. The molecule has 0 saturated heterocycles. The van der Waals surface area contributed by atoms with E-state index in [0.717, 1.165) is 24.8 Å². The molecule has 0 amide bonds. The zero-order valence-electron chi connectivity index (χ0n) is 12.0. The molecule has 20 heavy (non-hydrogen) atoms. The van der Waals surface area contributed by atoms with Gasteiger partial charge in [0.25, 0.3) is 0 Å². The van der Waals surface area contributed by atoms with Crippen LogP contribution in [-0.2, 0) is 17.6 Å². The molecule has 0 bridgehead atoms. The third-order valence-corrected chi connectivity index (χ3v) is 4.45. The topological polar surface area (TPSA) is 37.3 Å². The predicted molar refractivity (Wildman–Crippen MR) is 80.5 cm³/mol. The van der Waals surface area contributed by atoms with Gasteiger partial charge in [0.15, 0.2) is 0 Å². The highest BCUT2D eigenvalue weighted by Crippen LogP contribution is 2.41. The molecule has 2 nitrogen and oxygen atoms in total. The Balaban J connectivity index is 2.20. The van der Waals surface area contributed by atoms with Gasteiger partial charge < -0.3 is 5.11 Å². The minimum Gasteiger partial charge on any atom is -0.481 e. The number of hydrogen-bond acceptors (Lipinski definition) is 1. The summed E-state index contributed by atoms with van der Waals surface area (Å²) in [5.41, 5.74) is 6.31. The first kappa shape index (κ1) is 13.2. The summed E-state index contributed by atoms with van der Waals surface area (Å²) in [5, 5.41) is 9.59. The van der Waals surface area contributed by atoms with Crippen LogP contribution in [0, 0.1) is 11.8 Å². The van der Waals surface area contributed by atoms with Crippen molar-refractivity contribution in [1.82, 2.24) is 0 Å². The van der Waals surface area contributed by atoms with Crippen molar-refractivity contribution in [1.29, 1.82) is 0 Å². The Labute approximate surface area is 119 Å². The summed E-state index contributed by atoms with van der Waals surface area (Å²) in [5.74, 6) is -0.935.